The fourth-order valence-corrected chi connectivity index (χ4v) is 2.05. The molecule has 0 spiro atoms. The van der Waals surface area contributed by atoms with Crippen molar-refractivity contribution in [1.29, 1.82) is 0 Å². The predicted octanol–water partition coefficient (Wildman–Crippen LogP) is 4.22. The number of phenolic OH excluding ortho intramolecular Hbond substituents is 1. The van der Waals surface area contributed by atoms with E-state index in [1.807, 2.05) is 18.2 Å². The molecular formula is C16H12N2O3. The standard InChI is InChI=1S/C16H12N2O3/c1-10-13-8-7-12(19)9-14(13)21-16(20)15(10)18-17-11-5-3-2-4-6-11/h2-9,19H,1H3. The van der Waals surface area contributed by atoms with Gasteiger partial charge in [0.05, 0.1) is 5.69 Å². The van der Waals surface area contributed by atoms with Crippen molar-refractivity contribution < 1.29 is 9.52 Å². The molecule has 0 saturated heterocycles. The van der Waals surface area contributed by atoms with Crippen molar-refractivity contribution >= 4 is 22.3 Å². The summed E-state index contributed by atoms with van der Waals surface area (Å²) in [6.45, 7) is 1.77. The first-order valence-corrected chi connectivity index (χ1v) is 6.38. The van der Waals surface area contributed by atoms with E-state index in [2.05, 4.69) is 10.2 Å². The number of nitrogens with zero attached hydrogens (tertiary/aromatic N) is 2. The first-order valence-electron chi connectivity index (χ1n) is 6.38. The molecule has 0 aliphatic heterocycles. The van der Waals surface area contributed by atoms with E-state index < -0.39 is 5.63 Å². The van der Waals surface area contributed by atoms with Crippen LogP contribution in [0.5, 0.6) is 5.75 Å². The molecule has 1 N–H and O–H groups in total. The molecule has 21 heavy (non-hydrogen) atoms. The first-order chi connectivity index (χ1) is 10.1. The minimum absolute atomic E-state index is 0.0451. The van der Waals surface area contributed by atoms with Gasteiger partial charge in [0.2, 0.25) is 0 Å². The van der Waals surface area contributed by atoms with Crippen LogP contribution in [-0.4, -0.2) is 5.11 Å². The number of azo groups is 1. The summed E-state index contributed by atoms with van der Waals surface area (Å²) in [7, 11) is 0. The van der Waals surface area contributed by atoms with Gasteiger partial charge in [0.15, 0.2) is 5.69 Å². The average molecular weight is 280 g/mol. The minimum atomic E-state index is -0.578. The van der Waals surface area contributed by atoms with Crippen molar-refractivity contribution in [2.24, 2.45) is 10.2 Å². The Morgan fingerprint density at radius 1 is 1.05 bits per heavy atom. The third-order valence-corrected chi connectivity index (χ3v) is 3.14. The molecule has 3 rings (SSSR count). The van der Waals surface area contributed by atoms with Gasteiger partial charge in [-0.15, -0.1) is 5.11 Å². The molecule has 5 nitrogen and oxygen atoms in total. The lowest BCUT2D eigenvalue weighted by molar-refractivity contribution is 0.473. The normalized spacial score (nSPS) is 11.3. The van der Waals surface area contributed by atoms with Crippen LogP contribution in [0.25, 0.3) is 11.0 Å². The molecule has 3 aromatic rings. The van der Waals surface area contributed by atoms with Crippen molar-refractivity contribution in [3.63, 3.8) is 0 Å². The van der Waals surface area contributed by atoms with Gasteiger partial charge in [-0.3, -0.25) is 0 Å². The van der Waals surface area contributed by atoms with Crippen LogP contribution < -0.4 is 5.63 Å². The van der Waals surface area contributed by atoms with Gasteiger partial charge >= 0.3 is 5.63 Å². The van der Waals surface area contributed by atoms with Crippen LogP contribution in [-0.2, 0) is 0 Å². The Hall–Kier alpha value is -2.95. The maximum Gasteiger partial charge on any atom is 0.364 e. The first kappa shape index (κ1) is 13.1. The van der Waals surface area contributed by atoms with Crippen LogP contribution >= 0.6 is 0 Å². The number of fused-ring (bicyclic) bond motifs is 1. The van der Waals surface area contributed by atoms with E-state index in [1.54, 1.807) is 25.1 Å². The van der Waals surface area contributed by atoms with E-state index in [9.17, 15) is 9.90 Å². The summed E-state index contributed by atoms with van der Waals surface area (Å²) in [6, 6.07) is 13.8. The summed E-state index contributed by atoms with van der Waals surface area (Å²) in [4.78, 5) is 12.0. The third-order valence-electron chi connectivity index (χ3n) is 3.14. The smallest absolute Gasteiger partial charge is 0.364 e. The zero-order valence-corrected chi connectivity index (χ0v) is 11.3. The molecular weight excluding hydrogens is 268 g/mol. The summed E-state index contributed by atoms with van der Waals surface area (Å²) >= 11 is 0. The van der Waals surface area contributed by atoms with Crippen LogP contribution in [0.3, 0.4) is 0 Å². The molecule has 0 fully saturated rings. The lowest BCUT2D eigenvalue weighted by Gasteiger charge is -2.03. The van der Waals surface area contributed by atoms with E-state index in [0.29, 0.717) is 16.8 Å². The quantitative estimate of drug-likeness (QED) is 0.564. The molecule has 0 atom stereocenters. The molecule has 2 aromatic carbocycles. The Morgan fingerprint density at radius 2 is 1.81 bits per heavy atom. The number of hydrogen-bond donors (Lipinski definition) is 1. The molecule has 0 radical (unpaired) electrons. The predicted molar refractivity (Wildman–Crippen MR) is 79.5 cm³/mol. The molecule has 0 amide bonds. The maximum atomic E-state index is 12.0. The zero-order chi connectivity index (χ0) is 14.8. The van der Waals surface area contributed by atoms with Crippen molar-refractivity contribution in [2.75, 3.05) is 0 Å². The van der Waals surface area contributed by atoms with Gasteiger partial charge in [-0.05, 0) is 36.8 Å². The largest absolute Gasteiger partial charge is 0.508 e. The number of rotatable bonds is 2. The lowest BCUT2D eigenvalue weighted by atomic mass is 10.1. The summed E-state index contributed by atoms with van der Waals surface area (Å²) < 4.78 is 5.17. The van der Waals surface area contributed by atoms with Gasteiger partial charge < -0.3 is 9.52 Å². The zero-order valence-electron chi connectivity index (χ0n) is 11.3. The van der Waals surface area contributed by atoms with E-state index in [0.717, 1.165) is 5.39 Å². The summed E-state index contributed by atoms with van der Waals surface area (Å²) in [5, 5.41) is 18.2. The maximum absolute atomic E-state index is 12.0. The number of hydrogen-bond acceptors (Lipinski definition) is 5. The van der Waals surface area contributed by atoms with Crippen LogP contribution in [0, 0.1) is 6.92 Å². The van der Waals surface area contributed by atoms with E-state index in [1.165, 1.54) is 12.1 Å². The Balaban J connectivity index is 2.13. The molecule has 0 saturated carbocycles. The van der Waals surface area contributed by atoms with Crippen molar-refractivity contribution in [3.05, 3.63) is 64.5 Å². The molecule has 0 bridgehead atoms. The van der Waals surface area contributed by atoms with Gasteiger partial charge in [-0.25, -0.2) is 4.79 Å². The Morgan fingerprint density at radius 3 is 2.57 bits per heavy atom. The second-order valence-corrected chi connectivity index (χ2v) is 4.58. The second kappa shape index (κ2) is 5.20. The van der Waals surface area contributed by atoms with Crippen LogP contribution in [0.1, 0.15) is 5.56 Å². The number of benzene rings is 2. The molecule has 104 valence electrons. The number of aromatic hydroxyl groups is 1. The summed E-state index contributed by atoms with van der Waals surface area (Å²) in [6.07, 6.45) is 0. The number of phenols is 1. The highest BCUT2D eigenvalue weighted by Gasteiger charge is 2.11. The van der Waals surface area contributed by atoms with E-state index in [4.69, 9.17) is 4.42 Å². The highest BCUT2D eigenvalue weighted by molar-refractivity contribution is 5.84. The van der Waals surface area contributed by atoms with Crippen LogP contribution in [0.2, 0.25) is 0 Å². The second-order valence-electron chi connectivity index (χ2n) is 4.58. The molecule has 0 unspecified atom stereocenters. The highest BCUT2D eigenvalue weighted by atomic mass is 16.4. The van der Waals surface area contributed by atoms with Crippen molar-refractivity contribution in [3.8, 4) is 5.75 Å². The fraction of sp³-hybridized carbons (Fsp3) is 0.0625. The molecule has 5 heteroatoms. The molecule has 1 aromatic heterocycles. The molecule has 0 aliphatic rings. The average Bonchev–Trinajstić information content (AvgIpc) is 2.47. The van der Waals surface area contributed by atoms with Gasteiger partial charge in [-0.1, -0.05) is 18.2 Å². The highest BCUT2D eigenvalue weighted by Crippen LogP contribution is 2.27. The van der Waals surface area contributed by atoms with Crippen molar-refractivity contribution in [1.82, 2.24) is 0 Å². The minimum Gasteiger partial charge on any atom is -0.508 e. The van der Waals surface area contributed by atoms with Crippen LogP contribution in [0.4, 0.5) is 11.4 Å². The Labute approximate surface area is 120 Å². The van der Waals surface area contributed by atoms with Crippen LogP contribution in [0.15, 0.2) is 68.0 Å². The third kappa shape index (κ3) is 2.53. The number of aryl methyl sites for hydroxylation is 1. The van der Waals surface area contributed by atoms with E-state index in [-0.39, 0.29) is 11.4 Å². The topological polar surface area (TPSA) is 75.2 Å². The van der Waals surface area contributed by atoms with Gasteiger partial charge in [0.25, 0.3) is 0 Å². The van der Waals surface area contributed by atoms with Gasteiger partial charge in [0, 0.05) is 11.5 Å². The molecule has 1 heterocycles. The lowest BCUT2D eigenvalue weighted by Crippen LogP contribution is -2.00. The SMILES string of the molecule is Cc1c(N=Nc2ccccc2)c(=O)oc2cc(O)ccc12. The monoisotopic (exact) mass is 280 g/mol. The fourth-order valence-electron chi connectivity index (χ4n) is 2.05. The summed E-state index contributed by atoms with van der Waals surface area (Å²) in [5.74, 6) is 0.0451. The molecule has 0 aliphatic carbocycles. The van der Waals surface area contributed by atoms with Gasteiger partial charge in [-0.2, -0.15) is 5.11 Å². The van der Waals surface area contributed by atoms with E-state index >= 15 is 0 Å². The Kier molecular flexibility index (Phi) is 3.23. The Bertz CT molecular complexity index is 883. The summed E-state index contributed by atoms with van der Waals surface area (Å²) in [5.41, 5.74) is 1.24. The van der Waals surface area contributed by atoms with Gasteiger partial charge in [0.1, 0.15) is 11.3 Å². The van der Waals surface area contributed by atoms with Crippen molar-refractivity contribution in [2.45, 2.75) is 6.92 Å².